The summed E-state index contributed by atoms with van der Waals surface area (Å²) in [6.07, 6.45) is 0. The molecule has 0 bridgehead atoms. The summed E-state index contributed by atoms with van der Waals surface area (Å²) >= 11 is 0. The highest BCUT2D eigenvalue weighted by molar-refractivity contribution is 5.97. The van der Waals surface area contributed by atoms with Gasteiger partial charge in [0.15, 0.2) is 6.61 Å². The molecule has 2 amide bonds. The molecule has 0 aliphatic heterocycles. The number of para-hydroxylation sites is 1. The van der Waals surface area contributed by atoms with E-state index in [4.69, 9.17) is 4.74 Å². The maximum Gasteiger partial charge on any atom is 0.328 e. The molecule has 0 aliphatic carbocycles. The highest BCUT2D eigenvalue weighted by Gasteiger charge is 2.19. The maximum absolute atomic E-state index is 13.4. The number of hydrogen-bond acceptors (Lipinski definition) is 4. The Morgan fingerprint density at radius 2 is 1.62 bits per heavy atom. The Hall–Kier alpha value is -3.29. The molecule has 0 spiro atoms. The first-order valence-electron chi connectivity index (χ1n) is 7.65. The molecule has 2 aromatic carbocycles. The van der Waals surface area contributed by atoms with E-state index in [2.05, 4.69) is 5.32 Å². The molecule has 2 N–H and O–H groups in total. The predicted molar refractivity (Wildman–Crippen MR) is 89.3 cm³/mol. The van der Waals surface area contributed by atoms with Crippen molar-refractivity contribution in [3.8, 4) is 0 Å². The first-order chi connectivity index (χ1) is 12.4. The van der Waals surface area contributed by atoms with Crippen molar-refractivity contribution in [3.05, 3.63) is 65.7 Å². The van der Waals surface area contributed by atoms with Gasteiger partial charge in [-0.25, -0.2) is 13.6 Å². The summed E-state index contributed by atoms with van der Waals surface area (Å²) in [6, 6.07) is 10.3. The molecule has 8 heteroatoms. The average molecular weight is 362 g/mol. The Balaban J connectivity index is 1.84. The number of amides is 2. The van der Waals surface area contributed by atoms with E-state index in [1.165, 1.54) is 6.92 Å². The summed E-state index contributed by atoms with van der Waals surface area (Å²) in [5, 5.41) is 4.41. The van der Waals surface area contributed by atoms with Crippen LogP contribution in [0.3, 0.4) is 0 Å². The molecule has 0 radical (unpaired) electrons. The van der Waals surface area contributed by atoms with Crippen LogP contribution in [0.4, 0.5) is 14.5 Å². The normalized spacial score (nSPS) is 11.3. The van der Waals surface area contributed by atoms with E-state index in [-0.39, 0.29) is 0 Å². The van der Waals surface area contributed by atoms with Crippen molar-refractivity contribution in [3.63, 3.8) is 0 Å². The summed E-state index contributed by atoms with van der Waals surface area (Å²) in [5.41, 5.74) is -0.265. The van der Waals surface area contributed by atoms with Crippen LogP contribution >= 0.6 is 0 Å². The summed E-state index contributed by atoms with van der Waals surface area (Å²) in [4.78, 5) is 35.4. The summed E-state index contributed by atoms with van der Waals surface area (Å²) in [5.74, 6) is -4.16. The minimum absolute atomic E-state index is 0.361. The summed E-state index contributed by atoms with van der Waals surface area (Å²) in [7, 11) is 0. The Labute approximate surface area is 148 Å². The van der Waals surface area contributed by atoms with Crippen LogP contribution in [0, 0.1) is 11.6 Å². The molecule has 0 aromatic heterocycles. The van der Waals surface area contributed by atoms with E-state index in [0.717, 1.165) is 18.2 Å². The van der Waals surface area contributed by atoms with Gasteiger partial charge in [0.2, 0.25) is 0 Å². The number of benzene rings is 2. The number of carbonyl (C=O) groups is 3. The van der Waals surface area contributed by atoms with Gasteiger partial charge in [-0.15, -0.1) is 0 Å². The Kier molecular flexibility index (Phi) is 6.37. The lowest BCUT2D eigenvalue weighted by molar-refractivity contribution is -0.148. The third-order valence-electron chi connectivity index (χ3n) is 3.31. The molecule has 26 heavy (non-hydrogen) atoms. The number of esters is 1. The molecule has 0 aliphatic rings. The van der Waals surface area contributed by atoms with Gasteiger partial charge in [-0.1, -0.05) is 24.3 Å². The van der Waals surface area contributed by atoms with Crippen LogP contribution in [-0.4, -0.2) is 30.4 Å². The lowest BCUT2D eigenvalue weighted by Crippen LogP contribution is -2.40. The third kappa shape index (κ3) is 5.10. The molecule has 136 valence electrons. The number of ether oxygens (including phenoxy) is 1. The average Bonchev–Trinajstić information content (AvgIpc) is 2.63. The van der Waals surface area contributed by atoms with Crippen molar-refractivity contribution in [2.24, 2.45) is 0 Å². The number of hydrogen-bond donors (Lipinski definition) is 2. The first kappa shape index (κ1) is 19.0. The van der Waals surface area contributed by atoms with Gasteiger partial charge in [0, 0.05) is 5.56 Å². The number of nitrogens with one attached hydrogen (secondary N) is 2. The van der Waals surface area contributed by atoms with Crippen LogP contribution in [0.2, 0.25) is 0 Å². The summed E-state index contributed by atoms with van der Waals surface area (Å²) in [6.45, 7) is 0.635. The molecule has 0 unspecified atom stereocenters. The van der Waals surface area contributed by atoms with E-state index in [1.54, 1.807) is 30.3 Å². The zero-order valence-electron chi connectivity index (χ0n) is 13.8. The molecule has 0 fully saturated rings. The Morgan fingerprint density at radius 3 is 2.23 bits per heavy atom. The van der Waals surface area contributed by atoms with Gasteiger partial charge >= 0.3 is 5.97 Å². The smallest absolute Gasteiger partial charge is 0.328 e. The van der Waals surface area contributed by atoms with Crippen LogP contribution in [0.15, 0.2) is 48.5 Å². The van der Waals surface area contributed by atoms with Crippen molar-refractivity contribution in [1.29, 1.82) is 0 Å². The molecule has 0 saturated heterocycles. The van der Waals surface area contributed by atoms with Gasteiger partial charge in [-0.3, -0.25) is 9.59 Å². The van der Waals surface area contributed by atoms with Crippen molar-refractivity contribution >= 4 is 23.5 Å². The van der Waals surface area contributed by atoms with Gasteiger partial charge in [0.25, 0.3) is 11.8 Å². The lowest BCUT2D eigenvalue weighted by Gasteiger charge is -2.13. The van der Waals surface area contributed by atoms with E-state index >= 15 is 0 Å². The molecule has 1 atom stereocenters. The molecular weight excluding hydrogens is 346 g/mol. The number of halogens is 2. The van der Waals surface area contributed by atoms with Crippen LogP contribution in [0.1, 0.15) is 17.3 Å². The number of rotatable bonds is 6. The van der Waals surface area contributed by atoms with Gasteiger partial charge in [0.05, 0.1) is 0 Å². The van der Waals surface area contributed by atoms with Crippen molar-refractivity contribution in [2.45, 2.75) is 13.0 Å². The topological polar surface area (TPSA) is 84.5 Å². The quantitative estimate of drug-likeness (QED) is 0.772. The van der Waals surface area contributed by atoms with E-state index < -0.39 is 47.8 Å². The predicted octanol–water partition coefficient (Wildman–Crippen LogP) is 2.27. The largest absolute Gasteiger partial charge is 0.454 e. The fraction of sp³-hybridized carbons (Fsp3) is 0.167. The highest BCUT2D eigenvalue weighted by atomic mass is 19.1. The Morgan fingerprint density at radius 1 is 1.00 bits per heavy atom. The fourth-order valence-corrected chi connectivity index (χ4v) is 1.98. The van der Waals surface area contributed by atoms with E-state index in [1.807, 2.05) is 5.32 Å². The molecule has 2 rings (SSSR count). The van der Waals surface area contributed by atoms with Gasteiger partial charge in [-0.2, -0.15) is 0 Å². The van der Waals surface area contributed by atoms with Gasteiger partial charge in [-0.05, 0) is 31.2 Å². The second kappa shape index (κ2) is 8.70. The third-order valence-corrected chi connectivity index (χ3v) is 3.31. The van der Waals surface area contributed by atoms with Gasteiger partial charge in [0.1, 0.15) is 23.4 Å². The molecule has 6 nitrogen and oxygen atoms in total. The first-order valence-corrected chi connectivity index (χ1v) is 7.65. The van der Waals surface area contributed by atoms with Crippen LogP contribution < -0.4 is 10.6 Å². The molecule has 2 aromatic rings. The van der Waals surface area contributed by atoms with E-state index in [0.29, 0.717) is 5.56 Å². The highest BCUT2D eigenvalue weighted by Crippen LogP contribution is 2.17. The molecule has 0 heterocycles. The van der Waals surface area contributed by atoms with E-state index in [9.17, 15) is 23.2 Å². The van der Waals surface area contributed by atoms with Crippen LogP contribution in [-0.2, 0) is 14.3 Å². The summed E-state index contributed by atoms with van der Waals surface area (Å²) < 4.78 is 31.6. The SMILES string of the molecule is C[C@H](NC(=O)c1ccccc1)C(=O)OCC(=O)Nc1c(F)cccc1F. The van der Waals surface area contributed by atoms with Crippen LogP contribution in [0.5, 0.6) is 0 Å². The zero-order valence-corrected chi connectivity index (χ0v) is 13.8. The van der Waals surface area contributed by atoms with Crippen LogP contribution in [0.25, 0.3) is 0 Å². The molecule has 0 saturated carbocycles. The monoisotopic (exact) mass is 362 g/mol. The zero-order chi connectivity index (χ0) is 19.1. The van der Waals surface area contributed by atoms with Crippen molar-refractivity contribution in [2.75, 3.05) is 11.9 Å². The lowest BCUT2D eigenvalue weighted by atomic mass is 10.2. The minimum atomic E-state index is -1.01. The Bertz CT molecular complexity index is 792. The fourth-order valence-electron chi connectivity index (χ4n) is 1.98. The minimum Gasteiger partial charge on any atom is -0.454 e. The standard InChI is InChI=1S/C18H16F2N2O4/c1-11(21-17(24)12-6-3-2-4-7-12)18(25)26-10-15(23)22-16-13(19)8-5-9-14(16)20/h2-9,11H,10H2,1H3,(H,21,24)(H,22,23)/t11-/m0/s1. The number of carbonyl (C=O) groups excluding carboxylic acids is 3. The van der Waals surface area contributed by atoms with Gasteiger partial charge < -0.3 is 15.4 Å². The second-order valence-electron chi connectivity index (χ2n) is 5.31. The second-order valence-corrected chi connectivity index (χ2v) is 5.31. The van der Waals surface area contributed by atoms with Crippen molar-refractivity contribution in [1.82, 2.24) is 5.32 Å². The maximum atomic E-state index is 13.4. The van der Waals surface area contributed by atoms with Crippen molar-refractivity contribution < 1.29 is 27.9 Å². The molecular formula is C18H16F2N2O4. The number of anilines is 1.